The van der Waals surface area contributed by atoms with Crippen LogP contribution in [0.2, 0.25) is 0 Å². The van der Waals surface area contributed by atoms with E-state index in [9.17, 15) is 18.5 Å². The topological polar surface area (TPSA) is 75.0 Å². The summed E-state index contributed by atoms with van der Waals surface area (Å²) in [6.45, 7) is 3.46. The van der Waals surface area contributed by atoms with E-state index in [1.165, 1.54) is 6.92 Å². The molecule has 2 rings (SSSR count). The van der Waals surface area contributed by atoms with E-state index in [0.717, 1.165) is 11.1 Å². The van der Waals surface area contributed by atoms with Gasteiger partial charge in [0.05, 0.1) is 11.3 Å². The first-order valence-electron chi connectivity index (χ1n) is 6.08. The third-order valence-corrected chi connectivity index (χ3v) is 6.03. The molecule has 0 heterocycles. The van der Waals surface area contributed by atoms with Crippen LogP contribution in [0.5, 0.6) is 0 Å². The van der Waals surface area contributed by atoms with Gasteiger partial charge in [0.1, 0.15) is 11.7 Å². The lowest BCUT2D eigenvalue weighted by Gasteiger charge is -2.01. The molecule has 0 unspecified atom stereocenters. The van der Waals surface area contributed by atoms with Gasteiger partial charge in [0.25, 0.3) is 0 Å². The van der Waals surface area contributed by atoms with Crippen LogP contribution < -0.4 is 0 Å². The number of aryl methyl sites for hydroxylation is 1. The molecular formula is C14H15NO3S. The fourth-order valence-electron chi connectivity index (χ4n) is 2.58. The van der Waals surface area contributed by atoms with Gasteiger partial charge in [-0.1, -0.05) is 36.8 Å². The fraction of sp³-hybridized carbons (Fsp3) is 0.429. The molecule has 100 valence electrons. The highest BCUT2D eigenvalue weighted by molar-refractivity contribution is 7.92. The molecule has 3 atom stereocenters. The van der Waals surface area contributed by atoms with Crippen molar-refractivity contribution in [3.63, 3.8) is 0 Å². The first-order chi connectivity index (χ1) is 8.93. The molecule has 1 fully saturated rings. The molecule has 4 nitrogen and oxygen atoms in total. The maximum absolute atomic E-state index is 12.0. The number of nitrogens with zero attached hydrogens (tertiary/aromatic N) is 1. The molecule has 5 heteroatoms. The van der Waals surface area contributed by atoms with E-state index in [0.29, 0.717) is 6.29 Å². The van der Waals surface area contributed by atoms with Gasteiger partial charge in [-0.3, -0.25) is 0 Å². The van der Waals surface area contributed by atoms with Crippen molar-refractivity contribution in [1.29, 1.82) is 5.26 Å². The molecule has 1 saturated carbocycles. The average Bonchev–Trinajstić information content (AvgIpc) is 3.10. The first kappa shape index (κ1) is 13.8. The molecule has 0 spiro atoms. The van der Waals surface area contributed by atoms with Crippen molar-refractivity contribution in [2.24, 2.45) is 5.41 Å². The Hall–Kier alpha value is -1.67. The van der Waals surface area contributed by atoms with Crippen molar-refractivity contribution in [1.82, 2.24) is 0 Å². The summed E-state index contributed by atoms with van der Waals surface area (Å²) in [5.41, 5.74) is 0.374. The summed E-state index contributed by atoms with van der Waals surface area (Å²) in [4.78, 5) is 11.3. The lowest BCUT2D eigenvalue weighted by molar-refractivity contribution is -0.110. The third kappa shape index (κ3) is 1.96. The van der Waals surface area contributed by atoms with E-state index in [2.05, 4.69) is 0 Å². The van der Waals surface area contributed by atoms with Gasteiger partial charge in [0.2, 0.25) is 0 Å². The zero-order valence-electron chi connectivity index (χ0n) is 10.8. The minimum atomic E-state index is -3.42. The minimum Gasteiger partial charge on any atom is -0.302 e. The Balaban J connectivity index is 2.49. The second kappa shape index (κ2) is 4.46. The van der Waals surface area contributed by atoms with Gasteiger partial charge in [-0.25, -0.2) is 8.42 Å². The summed E-state index contributed by atoms with van der Waals surface area (Å²) in [5.74, 6) is -0.599. The summed E-state index contributed by atoms with van der Waals surface area (Å²) in [7, 11) is -3.42. The number of carbonyl (C=O) groups excluding carboxylic acids is 1. The number of rotatable bonds is 4. The summed E-state index contributed by atoms with van der Waals surface area (Å²) >= 11 is 0. The fourth-order valence-corrected chi connectivity index (χ4v) is 4.51. The Bertz CT molecular complexity index is 642. The first-order valence-corrected chi connectivity index (χ1v) is 7.80. The highest BCUT2D eigenvalue weighted by Crippen LogP contribution is 2.61. The Morgan fingerprint density at radius 3 is 2.37 bits per heavy atom. The van der Waals surface area contributed by atoms with Crippen LogP contribution in [0.25, 0.3) is 0 Å². The number of aldehydes is 1. The Kier molecular flexibility index (Phi) is 3.23. The molecule has 0 N–H and O–H groups in total. The molecule has 1 aliphatic rings. The Morgan fingerprint density at radius 1 is 1.37 bits per heavy atom. The van der Waals surface area contributed by atoms with E-state index >= 15 is 0 Å². The van der Waals surface area contributed by atoms with Gasteiger partial charge >= 0.3 is 0 Å². The maximum Gasteiger partial charge on any atom is 0.155 e. The SMILES string of the molecule is CCS(=O)(=O)[C@@H]1[C@@H](c2ccc(C)cc2)[C@]1(C#N)C=O. The zero-order chi connectivity index (χ0) is 14.3. The van der Waals surface area contributed by atoms with Crippen molar-refractivity contribution in [3.05, 3.63) is 35.4 Å². The summed E-state index contributed by atoms with van der Waals surface area (Å²) < 4.78 is 24.1. The van der Waals surface area contributed by atoms with Gasteiger partial charge in [0, 0.05) is 11.7 Å². The van der Waals surface area contributed by atoms with E-state index in [1.54, 1.807) is 12.1 Å². The molecule has 0 radical (unpaired) electrons. The van der Waals surface area contributed by atoms with Crippen molar-refractivity contribution in [2.75, 3.05) is 5.75 Å². The summed E-state index contributed by atoms with van der Waals surface area (Å²) in [6.07, 6.45) is 0.495. The van der Waals surface area contributed by atoms with Crippen molar-refractivity contribution >= 4 is 16.1 Å². The standard InChI is InChI=1S/C14H15NO3S/c1-3-19(17,18)13-12(14(13,8-15)9-16)11-6-4-10(2)5-7-11/h4-7,9,12-13H,3H2,1-2H3/t12-,13-,14+/m1/s1. The summed E-state index contributed by atoms with van der Waals surface area (Å²) in [5, 5.41) is 8.32. The van der Waals surface area contributed by atoms with Gasteiger partial charge in [-0.2, -0.15) is 5.26 Å². The minimum absolute atomic E-state index is 0.0582. The van der Waals surface area contributed by atoms with Crippen molar-refractivity contribution < 1.29 is 13.2 Å². The number of benzene rings is 1. The predicted molar refractivity (Wildman–Crippen MR) is 71.3 cm³/mol. The van der Waals surface area contributed by atoms with Crippen LogP contribution in [0.1, 0.15) is 24.0 Å². The van der Waals surface area contributed by atoms with Crippen LogP contribution in [0.15, 0.2) is 24.3 Å². The van der Waals surface area contributed by atoms with Gasteiger partial charge in [-0.05, 0) is 12.5 Å². The second-order valence-electron chi connectivity index (χ2n) is 4.92. The largest absolute Gasteiger partial charge is 0.302 e. The van der Waals surface area contributed by atoms with Crippen molar-refractivity contribution in [2.45, 2.75) is 25.0 Å². The monoisotopic (exact) mass is 277 g/mol. The van der Waals surface area contributed by atoms with Crippen molar-refractivity contribution in [3.8, 4) is 6.07 Å². The van der Waals surface area contributed by atoms with Crippen LogP contribution in [0, 0.1) is 23.7 Å². The Labute approximate surface area is 113 Å². The van der Waals surface area contributed by atoms with Crippen LogP contribution >= 0.6 is 0 Å². The van der Waals surface area contributed by atoms with E-state index in [-0.39, 0.29) is 5.75 Å². The Morgan fingerprint density at radius 2 is 1.95 bits per heavy atom. The van der Waals surface area contributed by atoms with Crippen LogP contribution in [-0.4, -0.2) is 25.7 Å². The molecule has 1 aromatic carbocycles. The highest BCUT2D eigenvalue weighted by atomic mass is 32.2. The van der Waals surface area contributed by atoms with Gasteiger partial charge in [0.15, 0.2) is 9.84 Å². The number of hydrogen-bond donors (Lipinski definition) is 0. The predicted octanol–water partition coefficient (Wildman–Crippen LogP) is 1.60. The van der Waals surface area contributed by atoms with E-state index in [4.69, 9.17) is 0 Å². The molecule has 1 aromatic rings. The quantitative estimate of drug-likeness (QED) is 0.783. The molecule has 0 saturated heterocycles. The van der Waals surface area contributed by atoms with E-state index < -0.39 is 26.4 Å². The normalized spacial score (nSPS) is 29.5. The molecule has 0 aromatic heterocycles. The number of carbonyl (C=O) groups is 1. The summed E-state index contributed by atoms with van der Waals surface area (Å²) in [6, 6.07) is 9.21. The number of hydrogen-bond acceptors (Lipinski definition) is 4. The molecule has 19 heavy (non-hydrogen) atoms. The van der Waals surface area contributed by atoms with Crippen LogP contribution in [0.3, 0.4) is 0 Å². The van der Waals surface area contributed by atoms with Gasteiger partial charge in [-0.15, -0.1) is 0 Å². The molecule has 0 amide bonds. The van der Waals surface area contributed by atoms with E-state index in [1.807, 2.05) is 25.1 Å². The number of nitriles is 1. The molecular weight excluding hydrogens is 262 g/mol. The third-order valence-electron chi connectivity index (χ3n) is 3.79. The van der Waals surface area contributed by atoms with Crippen LogP contribution in [0.4, 0.5) is 0 Å². The second-order valence-corrected chi connectivity index (χ2v) is 7.33. The lowest BCUT2D eigenvalue weighted by atomic mass is 10.0. The maximum atomic E-state index is 12.0. The zero-order valence-corrected chi connectivity index (χ0v) is 11.6. The molecule has 1 aliphatic carbocycles. The molecule has 0 aliphatic heterocycles. The smallest absolute Gasteiger partial charge is 0.155 e. The van der Waals surface area contributed by atoms with Gasteiger partial charge < -0.3 is 4.79 Å². The lowest BCUT2D eigenvalue weighted by Crippen LogP contribution is -2.17. The molecule has 0 bridgehead atoms. The highest BCUT2D eigenvalue weighted by Gasteiger charge is 2.72. The van der Waals surface area contributed by atoms with Crippen LogP contribution in [-0.2, 0) is 14.6 Å². The average molecular weight is 277 g/mol. The number of sulfone groups is 1.